The number of aryl methyl sites for hydroxylation is 3. The summed E-state index contributed by atoms with van der Waals surface area (Å²) >= 11 is 0. The van der Waals surface area contributed by atoms with Crippen molar-refractivity contribution < 1.29 is 4.79 Å². The fourth-order valence-corrected chi connectivity index (χ4v) is 4.22. The molecule has 4 heterocycles. The number of carbonyl (C=O) groups excluding carboxylic acids is 1. The molecule has 0 radical (unpaired) electrons. The molecule has 142 valence electrons. The predicted octanol–water partition coefficient (Wildman–Crippen LogP) is 2.85. The minimum absolute atomic E-state index is 0.0368. The molecule has 0 fully saturated rings. The first kappa shape index (κ1) is 17.6. The van der Waals surface area contributed by atoms with Crippen LogP contribution in [-0.2, 0) is 20.6 Å². The number of hydrogen-bond acceptors (Lipinski definition) is 3. The largest absolute Gasteiger partial charge is 0.348 e. The highest BCUT2D eigenvalue weighted by molar-refractivity contribution is 5.94. The van der Waals surface area contributed by atoms with Crippen LogP contribution in [0.2, 0.25) is 0 Å². The van der Waals surface area contributed by atoms with E-state index in [1.807, 2.05) is 43.6 Å². The van der Waals surface area contributed by atoms with Crippen molar-refractivity contribution in [1.29, 1.82) is 0 Å². The molecule has 0 spiro atoms. The van der Waals surface area contributed by atoms with Crippen molar-refractivity contribution in [2.75, 3.05) is 6.54 Å². The van der Waals surface area contributed by atoms with Crippen LogP contribution in [-0.4, -0.2) is 41.5 Å². The third kappa shape index (κ3) is 2.69. The molecule has 7 heteroatoms. The Bertz CT molecular complexity index is 1010. The normalized spacial score (nSPS) is 16.6. The number of fused-ring (bicyclic) bond motifs is 1. The first-order chi connectivity index (χ1) is 12.9. The van der Waals surface area contributed by atoms with Gasteiger partial charge in [-0.25, -0.2) is 0 Å². The second-order valence-corrected chi connectivity index (χ2v) is 7.26. The van der Waals surface area contributed by atoms with E-state index in [0.29, 0.717) is 12.2 Å². The molecule has 1 atom stereocenters. The molecule has 0 bridgehead atoms. The van der Waals surface area contributed by atoms with Crippen LogP contribution in [0, 0.1) is 13.8 Å². The number of aromatic nitrogens is 5. The summed E-state index contributed by atoms with van der Waals surface area (Å²) < 4.78 is 5.80. The van der Waals surface area contributed by atoms with Gasteiger partial charge in [-0.3, -0.25) is 14.2 Å². The highest BCUT2D eigenvalue weighted by Gasteiger charge is 2.32. The van der Waals surface area contributed by atoms with Gasteiger partial charge in [0.25, 0.3) is 5.91 Å². The molecule has 0 aliphatic carbocycles. The van der Waals surface area contributed by atoms with Gasteiger partial charge in [0.05, 0.1) is 17.4 Å². The van der Waals surface area contributed by atoms with Gasteiger partial charge in [-0.15, -0.1) is 0 Å². The van der Waals surface area contributed by atoms with Gasteiger partial charge in [0.2, 0.25) is 0 Å². The number of nitrogens with zero attached hydrogens (tertiary/aromatic N) is 6. The molecule has 0 saturated heterocycles. The van der Waals surface area contributed by atoms with Gasteiger partial charge in [0, 0.05) is 50.3 Å². The molecule has 0 saturated carbocycles. The van der Waals surface area contributed by atoms with Gasteiger partial charge in [-0.05, 0) is 38.5 Å². The lowest BCUT2D eigenvalue weighted by molar-refractivity contribution is 0.0606. The summed E-state index contributed by atoms with van der Waals surface area (Å²) in [7, 11) is 3.76. The van der Waals surface area contributed by atoms with E-state index in [4.69, 9.17) is 0 Å². The second kappa shape index (κ2) is 6.40. The lowest BCUT2D eigenvalue weighted by Crippen LogP contribution is -2.42. The average molecular weight is 366 g/mol. The summed E-state index contributed by atoms with van der Waals surface area (Å²) in [5.41, 5.74) is 5.61. The van der Waals surface area contributed by atoms with Crippen molar-refractivity contribution in [3.8, 4) is 11.3 Å². The summed E-state index contributed by atoms with van der Waals surface area (Å²) in [4.78, 5) is 15.4. The predicted molar refractivity (Wildman–Crippen MR) is 103 cm³/mol. The summed E-state index contributed by atoms with van der Waals surface area (Å²) in [6, 6.07) is 6.17. The molecule has 1 aliphatic rings. The maximum absolute atomic E-state index is 13.4. The van der Waals surface area contributed by atoms with Crippen molar-refractivity contribution in [2.24, 2.45) is 14.1 Å². The van der Waals surface area contributed by atoms with E-state index < -0.39 is 0 Å². The van der Waals surface area contributed by atoms with Crippen molar-refractivity contribution >= 4 is 5.91 Å². The first-order valence-corrected chi connectivity index (χ1v) is 9.43. The zero-order chi connectivity index (χ0) is 19.3. The molecule has 3 aromatic heterocycles. The molecule has 0 aromatic carbocycles. The molecule has 27 heavy (non-hydrogen) atoms. The van der Waals surface area contributed by atoms with Crippen molar-refractivity contribution in [3.63, 3.8) is 0 Å². The summed E-state index contributed by atoms with van der Waals surface area (Å²) in [6.07, 6.45) is 2.98. The van der Waals surface area contributed by atoms with E-state index in [2.05, 4.69) is 40.0 Å². The van der Waals surface area contributed by atoms with Crippen LogP contribution in [0.25, 0.3) is 11.3 Å². The number of amides is 1. The Morgan fingerprint density at radius 1 is 1.19 bits per heavy atom. The van der Waals surface area contributed by atoms with Crippen molar-refractivity contribution in [1.82, 2.24) is 29.0 Å². The minimum Gasteiger partial charge on any atom is -0.348 e. The average Bonchev–Trinajstić information content (AvgIpc) is 3.32. The van der Waals surface area contributed by atoms with E-state index in [0.717, 1.165) is 35.6 Å². The summed E-state index contributed by atoms with van der Waals surface area (Å²) in [5.74, 6) is 0.0368. The first-order valence-electron chi connectivity index (χ1n) is 9.43. The monoisotopic (exact) mass is 366 g/mol. The highest BCUT2D eigenvalue weighted by Crippen LogP contribution is 2.31. The van der Waals surface area contributed by atoms with E-state index in [1.165, 1.54) is 5.69 Å². The Balaban J connectivity index is 1.70. The second-order valence-electron chi connectivity index (χ2n) is 7.26. The molecular formula is C20H26N6O. The Morgan fingerprint density at radius 3 is 2.63 bits per heavy atom. The van der Waals surface area contributed by atoms with Crippen LogP contribution in [0.5, 0.6) is 0 Å². The smallest absolute Gasteiger partial charge is 0.272 e. The van der Waals surface area contributed by atoms with E-state index in [9.17, 15) is 4.79 Å². The van der Waals surface area contributed by atoms with Crippen LogP contribution >= 0.6 is 0 Å². The fourth-order valence-electron chi connectivity index (χ4n) is 4.22. The standard InChI is InChI=1S/C20H26N6O/c1-6-16-17-8-7-9-25(17)10-11-26(16)20(27)18-12-15(22-24(18)5)19-13(2)21-23(4)14(19)3/h7-9,12,16H,6,10-11H2,1-5H3/t16-/m0/s1. The van der Waals surface area contributed by atoms with Crippen LogP contribution in [0.3, 0.4) is 0 Å². The van der Waals surface area contributed by atoms with Crippen LogP contribution in [0.15, 0.2) is 24.4 Å². The molecule has 0 unspecified atom stereocenters. The zero-order valence-electron chi connectivity index (χ0n) is 16.6. The number of hydrogen-bond donors (Lipinski definition) is 0. The maximum Gasteiger partial charge on any atom is 0.272 e. The number of rotatable bonds is 3. The van der Waals surface area contributed by atoms with Crippen LogP contribution in [0.4, 0.5) is 0 Å². The van der Waals surface area contributed by atoms with Crippen LogP contribution < -0.4 is 0 Å². The Kier molecular flexibility index (Phi) is 4.17. The summed E-state index contributed by atoms with van der Waals surface area (Å²) in [6.45, 7) is 7.67. The zero-order valence-corrected chi connectivity index (χ0v) is 16.6. The molecular weight excluding hydrogens is 340 g/mol. The molecule has 3 aromatic rings. The van der Waals surface area contributed by atoms with Gasteiger partial charge in [0.1, 0.15) is 5.69 Å². The Hall–Kier alpha value is -2.83. The molecule has 1 aliphatic heterocycles. The lowest BCUT2D eigenvalue weighted by atomic mass is 10.1. The van der Waals surface area contributed by atoms with E-state index in [1.54, 1.807) is 4.68 Å². The van der Waals surface area contributed by atoms with E-state index >= 15 is 0 Å². The van der Waals surface area contributed by atoms with Gasteiger partial charge in [-0.1, -0.05) is 6.92 Å². The fraction of sp³-hybridized carbons (Fsp3) is 0.450. The summed E-state index contributed by atoms with van der Waals surface area (Å²) in [5, 5.41) is 9.10. The number of carbonyl (C=O) groups is 1. The van der Waals surface area contributed by atoms with Gasteiger partial charge < -0.3 is 9.47 Å². The molecule has 1 amide bonds. The molecule has 0 N–H and O–H groups in total. The SMILES string of the molecule is CC[C@H]1c2cccn2CCN1C(=O)c1cc(-c2c(C)nn(C)c2C)nn1C. The van der Waals surface area contributed by atoms with Crippen LogP contribution in [0.1, 0.15) is 47.0 Å². The lowest BCUT2D eigenvalue weighted by Gasteiger charge is -2.36. The van der Waals surface area contributed by atoms with Gasteiger partial charge in [0.15, 0.2) is 0 Å². The van der Waals surface area contributed by atoms with Crippen molar-refractivity contribution in [2.45, 2.75) is 39.8 Å². The molecule has 4 rings (SSSR count). The maximum atomic E-state index is 13.4. The third-order valence-corrected chi connectivity index (χ3v) is 5.68. The Morgan fingerprint density at radius 2 is 1.96 bits per heavy atom. The minimum atomic E-state index is 0.0368. The van der Waals surface area contributed by atoms with E-state index in [-0.39, 0.29) is 11.9 Å². The Labute approximate surface area is 159 Å². The van der Waals surface area contributed by atoms with Gasteiger partial charge in [-0.2, -0.15) is 10.2 Å². The van der Waals surface area contributed by atoms with Crippen molar-refractivity contribution in [3.05, 3.63) is 47.2 Å². The molecule has 7 nitrogen and oxygen atoms in total. The third-order valence-electron chi connectivity index (χ3n) is 5.68. The van der Waals surface area contributed by atoms with Gasteiger partial charge >= 0.3 is 0 Å². The highest BCUT2D eigenvalue weighted by atomic mass is 16.2. The quantitative estimate of drug-likeness (QED) is 0.716. The topological polar surface area (TPSA) is 60.9 Å².